The first kappa shape index (κ1) is 18.1. The number of carbonyl (C=O) groups is 2. The molecule has 126 valence electrons. The molecule has 1 amide bonds. The Morgan fingerprint density at radius 3 is 2.25 bits per heavy atom. The van der Waals surface area contributed by atoms with Crippen LogP contribution in [-0.4, -0.2) is 20.3 Å². The van der Waals surface area contributed by atoms with Crippen LogP contribution in [0.25, 0.3) is 0 Å². The molecule has 2 aromatic carbocycles. The number of carbonyl (C=O) groups excluding carboxylic acids is 2. The fraction of sp³-hybridized carbons (Fsp3) is 0. The van der Waals surface area contributed by atoms with Gasteiger partial charge in [0.2, 0.25) is 0 Å². The highest BCUT2D eigenvalue weighted by molar-refractivity contribution is 7.92. The van der Waals surface area contributed by atoms with E-state index in [0.717, 1.165) is 12.1 Å². The lowest BCUT2D eigenvalue weighted by atomic mass is 10.2. The lowest BCUT2D eigenvalue weighted by Gasteiger charge is -2.14. The standard InChI is InChI=1S/C14H10Cl2N2O5S/c15-9-6-10(16)12(5-8(9)14(20)21)24(22,23)18-11-4-2-1-3-7(11)13(17)19/h1-6,18H,(H2,17,19)(H,20,21)/p-1. The van der Waals surface area contributed by atoms with Gasteiger partial charge in [0.05, 0.1) is 27.3 Å². The van der Waals surface area contributed by atoms with E-state index in [0.29, 0.717) is 0 Å². The van der Waals surface area contributed by atoms with Gasteiger partial charge >= 0.3 is 0 Å². The molecular formula is C14H9Cl2N2O5S-. The van der Waals surface area contributed by atoms with Gasteiger partial charge in [-0.1, -0.05) is 35.3 Å². The molecule has 0 aliphatic carbocycles. The van der Waals surface area contributed by atoms with Gasteiger partial charge in [-0.25, -0.2) is 8.42 Å². The first-order valence-electron chi connectivity index (χ1n) is 6.25. The van der Waals surface area contributed by atoms with Crippen molar-refractivity contribution in [1.29, 1.82) is 0 Å². The normalized spacial score (nSPS) is 11.1. The highest BCUT2D eigenvalue weighted by atomic mass is 35.5. The van der Waals surface area contributed by atoms with E-state index in [4.69, 9.17) is 28.9 Å². The second kappa shape index (κ2) is 6.68. The molecule has 0 aliphatic rings. The lowest BCUT2D eigenvalue weighted by molar-refractivity contribution is -0.255. The number of nitrogens with one attached hydrogen (secondary N) is 1. The molecule has 0 radical (unpaired) electrons. The fourth-order valence-electron chi connectivity index (χ4n) is 1.88. The summed E-state index contributed by atoms with van der Waals surface area (Å²) in [6.07, 6.45) is 0. The van der Waals surface area contributed by atoms with Gasteiger partial charge in [0.1, 0.15) is 4.90 Å². The molecule has 0 unspecified atom stereocenters. The Balaban J connectivity index is 2.55. The highest BCUT2D eigenvalue weighted by Gasteiger charge is 2.22. The largest absolute Gasteiger partial charge is 0.545 e. The number of primary amides is 1. The van der Waals surface area contributed by atoms with Crippen LogP contribution in [0, 0.1) is 0 Å². The van der Waals surface area contributed by atoms with Crippen molar-refractivity contribution >= 4 is 50.8 Å². The number of sulfonamides is 1. The molecule has 0 saturated heterocycles. The number of nitrogens with two attached hydrogens (primary N) is 1. The second-order valence-corrected chi connectivity index (χ2v) is 7.03. The van der Waals surface area contributed by atoms with E-state index in [2.05, 4.69) is 4.72 Å². The molecule has 0 aromatic heterocycles. The number of benzene rings is 2. The Morgan fingerprint density at radius 2 is 1.67 bits per heavy atom. The van der Waals surface area contributed by atoms with Crippen molar-refractivity contribution in [2.75, 3.05) is 4.72 Å². The first-order chi connectivity index (χ1) is 11.1. The Morgan fingerprint density at radius 1 is 1.04 bits per heavy atom. The number of carboxylic acids is 1. The Labute approximate surface area is 147 Å². The molecule has 3 N–H and O–H groups in total. The molecule has 0 heterocycles. The third-order valence-electron chi connectivity index (χ3n) is 2.97. The lowest BCUT2D eigenvalue weighted by Crippen LogP contribution is -2.24. The Hall–Kier alpha value is -2.29. The van der Waals surface area contributed by atoms with Gasteiger partial charge in [0.25, 0.3) is 15.9 Å². The van der Waals surface area contributed by atoms with Crippen LogP contribution in [0.3, 0.4) is 0 Å². The molecule has 0 saturated carbocycles. The summed E-state index contributed by atoms with van der Waals surface area (Å²) in [6, 6.07) is 7.39. The SMILES string of the molecule is NC(=O)c1ccccc1NS(=O)(=O)c1cc(C(=O)[O-])c(Cl)cc1Cl. The molecular weight excluding hydrogens is 379 g/mol. The van der Waals surface area contributed by atoms with Crippen LogP contribution in [-0.2, 0) is 10.0 Å². The molecule has 24 heavy (non-hydrogen) atoms. The zero-order chi connectivity index (χ0) is 18.1. The van der Waals surface area contributed by atoms with E-state index in [1.54, 1.807) is 0 Å². The second-order valence-electron chi connectivity index (χ2n) is 4.57. The predicted molar refractivity (Wildman–Crippen MR) is 86.6 cm³/mol. The van der Waals surface area contributed by atoms with Crippen LogP contribution in [0.1, 0.15) is 20.7 Å². The zero-order valence-electron chi connectivity index (χ0n) is 11.7. The molecule has 2 aromatic rings. The third kappa shape index (κ3) is 3.61. The van der Waals surface area contributed by atoms with E-state index >= 15 is 0 Å². The summed E-state index contributed by atoms with van der Waals surface area (Å²) in [4.78, 5) is 21.8. The fourth-order valence-corrected chi connectivity index (χ4v) is 3.81. The number of hydrogen-bond donors (Lipinski definition) is 2. The molecule has 0 aliphatic heterocycles. The van der Waals surface area contributed by atoms with Crippen molar-refractivity contribution in [3.05, 3.63) is 57.6 Å². The maximum absolute atomic E-state index is 12.5. The van der Waals surface area contributed by atoms with Crippen LogP contribution in [0.2, 0.25) is 10.0 Å². The number of aromatic carboxylic acids is 1. The average Bonchev–Trinajstić information content (AvgIpc) is 2.46. The number of rotatable bonds is 5. The summed E-state index contributed by atoms with van der Waals surface area (Å²) >= 11 is 11.5. The maximum Gasteiger partial charge on any atom is 0.263 e. The van der Waals surface area contributed by atoms with Crippen LogP contribution < -0.4 is 15.6 Å². The quantitative estimate of drug-likeness (QED) is 0.797. The highest BCUT2D eigenvalue weighted by Crippen LogP contribution is 2.30. The topological polar surface area (TPSA) is 129 Å². The number of para-hydroxylation sites is 1. The predicted octanol–water partition coefficient (Wildman–Crippen LogP) is 1.26. The van der Waals surface area contributed by atoms with Crippen molar-refractivity contribution in [1.82, 2.24) is 0 Å². The van der Waals surface area contributed by atoms with Crippen molar-refractivity contribution < 1.29 is 23.1 Å². The maximum atomic E-state index is 12.5. The summed E-state index contributed by atoms with van der Waals surface area (Å²) in [7, 11) is -4.31. The minimum absolute atomic E-state index is 0.0636. The summed E-state index contributed by atoms with van der Waals surface area (Å²) in [5.41, 5.74) is 4.50. The van der Waals surface area contributed by atoms with Crippen LogP contribution in [0.4, 0.5) is 5.69 Å². The van der Waals surface area contributed by atoms with Crippen molar-refractivity contribution in [2.24, 2.45) is 5.73 Å². The summed E-state index contributed by atoms with van der Waals surface area (Å²) in [5.74, 6) is -2.50. The number of anilines is 1. The van der Waals surface area contributed by atoms with E-state index in [9.17, 15) is 23.1 Å². The number of carboxylic acid groups (broad SMARTS) is 1. The summed E-state index contributed by atoms with van der Waals surface area (Å²) in [6.45, 7) is 0. The smallest absolute Gasteiger partial charge is 0.263 e. The van der Waals surface area contributed by atoms with Crippen LogP contribution >= 0.6 is 23.2 Å². The minimum atomic E-state index is -4.31. The van der Waals surface area contributed by atoms with Gasteiger partial charge in [0.15, 0.2) is 0 Å². The third-order valence-corrected chi connectivity index (χ3v) is 5.11. The molecule has 7 nitrogen and oxygen atoms in total. The van der Waals surface area contributed by atoms with E-state index in [1.165, 1.54) is 24.3 Å². The summed E-state index contributed by atoms with van der Waals surface area (Å²) < 4.78 is 27.1. The van der Waals surface area contributed by atoms with E-state index < -0.39 is 32.4 Å². The van der Waals surface area contributed by atoms with Crippen molar-refractivity contribution in [3.8, 4) is 0 Å². The van der Waals surface area contributed by atoms with Crippen LogP contribution in [0.5, 0.6) is 0 Å². The van der Waals surface area contributed by atoms with Gasteiger partial charge in [-0.05, 0) is 24.3 Å². The van der Waals surface area contributed by atoms with Gasteiger partial charge in [-0.3, -0.25) is 9.52 Å². The molecule has 10 heteroatoms. The molecule has 0 atom stereocenters. The molecule has 0 fully saturated rings. The van der Waals surface area contributed by atoms with Crippen molar-refractivity contribution in [2.45, 2.75) is 4.90 Å². The average molecular weight is 388 g/mol. The molecule has 2 rings (SSSR count). The van der Waals surface area contributed by atoms with Gasteiger partial charge in [-0.2, -0.15) is 0 Å². The van der Waals surface area contributed by atoms with Gasteiger partial charge in [0, 0.05) is 5.56 Å². The van der Waals surface area contributed by atoms with E-state index in [-0.39, 0.29) is 21.3 Å². The Kier molecular flexibility index (Phi) is 5.02. The summed E-state index contributed by atoms with van der Waals surface area (Å²) in [5, 5.41) is 10.4. The molecule has 0 bridgehead atoms. The zero-order valence-corrected chi connectivity index (χ0v) is 14.1. The number of halogens is 2. The number of hydrogen-bond acceptors (Lipinski definition) is 5. The minimum Gasteiger partial charge on any atom is -0.545 e. The van der Waals surface area contributed by atoms with Gasteiger partial charge < -0.3 is 15.6 Å². The van der Waals surface area contributed by atoms with E-state index in [1.807, 2.05) is 0 Å². The van der Waals surface area contributed by atoms with Gasteiger partial charge in [-0.15, -0.1) is 0 Å². The van der Waals surface area contributed by atoms with Crippen molar-refractivity contribution in [3.63, 3.8) is 0 Å². The first-order valence-corrected chi connectivity index (χ1v) is 8.49. The van der Waals surface area contributed by atoms with Crippen LogP contribution in [0.15, 0.2) is 41.3 Å². The number of amides is 1. The molecule has 0 spiro atoms. The Bertz CT molecular complexity index is 944. The monoisotopic (exact) mass is 387 g/mol.